The number of aliphatic hydroxyl groups is 1. The Labute approximate surface area is 216 Å². The van der Waals surface area contributed by atoms with Gasteiger partial charge < -0.3 is 19.7 Å². The van der Waals surface area contributed by atoms with Crippen molar-refractivity contribution in [3.05, 3.63) is 59.2 Å². The lowest BCUT2D eigenvalue weighted by Gasteiger charge is -2.27. The summed E-state index contributed by atoms with van der Waals surface area (Å²) < 4.78 is 10.9. The van der Waals surface area contributed by atoms with Gasteiger partial charge in [0.25, 0.3) is 0 Å². The van der Waals surface area contributed by atoms with Gasteiger partial charge in [-0.2, -0.15) is 0 Å². The van der Waals surface area contributed by atoms with Gasteiger partial charge in [0.2, 0.25) is 0 Å². The van der Waals surface area contributed by atoms with Crippen LogP contribution in [0.4, 0.5) is 0 Å². The molecule has 2 aromatic carbocycles. The molecule has 0 spiro atoms. The first-order valence-corrected chi connectivity index (χ1v) is 12.5. The number of thiol groups is 1. The van der Waals surface area contributed by atoms with Gasteiger partial charge in [0.15, 0.2) is 0 Å². The molecule has 198 valence electrons. The Kier molecular flexibility index (Phi) is 14.9. The van der Waals surface area contributed by atoms with E-state index >= 15 is 0 Å². The topological polar surface area (TPSA) is 89.5 Å². The maximum Gasteiger partial charge on any atom is 0.121 e. The summed E-state index contributed by atoms with van der Waals surface area (Å²) >= 11 is 4.66. The lowest BCUT2D eigenvalue weighted by molar-refractivity contribution is 0.0722. The van der Waals surface area contributed by atoms with Crippen molar-refractivity contribution in [3.63, 3.8) is 0 Å². The molecule has 4 N–H and O–H groups in total. The Morgan fingerprint density at radius 3 is 2.34 bits per heavy atom. The molecule has 0 aromatic heterocycles. The summed E-state index contributed by atoms with van der Waals surface area (Å²) in [5.74, 6) is 1.50. The van der Waals surface area contributed by atoms with Gasteiger partial charge >= 0.3 is 0 Å². The highest BCUT2D eigenvalue weighted by atomic mass is 32.1. The van der Waals surface area contributed by atoms with Crippen LogP contribution >= 0.6 is 12.6 Å². The summed E-state index contributed by atoms with van der Waals surface area (Å²) in [5.41, 5.74) is 9.41. The Bertz CT molecular complexity index is 839. The molecule has 9 heteroatoms. The number of aliphatic hydroxyl groups excluding tert-OH is 1. The van der Waals surface area contributed by atoms with E-state index < -0.39 is 0 Å². The molecule has 0 amide bonds. The minimum Gasteiger partial charge on any atom is -0.508 e. The van der Waals surface area contributed by atoms with Gasteiger partial charge in [-0.3, -0.25) is 9.80 Å². The quantitative estimate of drug-likeness (QED) is 0.244. The van der Waals surface area contributed by atoms with Gasteiger partial charge in [0.05, 0.1) is 6.73 Å². The summed E-state index contributed by atoms with van der Waals surface area (Å²) in [6, 6.07) is 13.9. The van der Waals surface area contributed by atoms with Crippen molar-refractivity contribution in [1.82, 2.24) is 20.7 Å². The van der Waals surface area contributed by atoms with Crippen molar-refractivity contribution in [2.45, 2.75) is 51.8 Å². The highest BCUT2D eigenvalue weighted by molar-refractivity contribution is 7.80. The number of nitrogens with zero attached hydrogens (tertiary/aromatic N) is 2. The molecule has 8 nitrogen and oxygen atoms in total. The summed E-state index contributed by atoms with van der Waals surface area (Å²) in [4.78, 5) is 4.22. The average molecular weight is 509 g/mol. The fourth-order valence-electron chi connectivity index (χ4n) is 3.55. The zero-order valence-electron chi connectivity index (χ0n) is 22.2. The fraction of sp³-hybridized carbons (Fsp3) is 0.538. The van der Waals surface area contributed by atoms with Crippen LogP contribution in [0.1, 0.15) is 56.5 Å². The van der Waals surface area contributed by atoms with Crippen molar-refractivity contribution < 1.29 is 19.7 Å². The minimum atomic E-state index is -0.187. The molecule has 0 bridgehead atoms. The van der Waals surface area contributed by atoms with Gasteiger partial charge in [-0.15, -0.1) is 12.6 Å². The number of rotatable bonds is 10. The van der Waals surface area contributed by atoms with Crippen LogP contribution < -0.4 is 15.6 Å². The number of nitrogens with one attached hydrogen (secondary N) is 2. The lowest BCUT2D eigenvalue weighted by atomic mass is 9.99. The van der Waals surface area contributed by atoms with Crippen molar-refractivity contribution in [1.29, 1.82) is 0 Å². The molecule has 0 saturated carbocycles. The van der Waals surface area contributed by atoms with Crippen molar-refractivity contribution in [2.75, 3.05) is 41.1 Å². The predicted octanol–water partition coefficient (Wildman–Crippen LogP) is 3.89. The van der Waals surface area contributed by atoms with E-state index in [9.17, 15) is 5.11 Å². The highest BCUT2D eigenvalue weighted by Crippen LogP contribution is 2.34. The zero-order valence-corrected chi connectivity index (χ0v) is 23.0. The molecule has 3 rings (SSSR count). The van der Waals surface area contributed by atoms with E-state index in [4.69, 9.17) is 14.6 Å². The Morgan fingerprint density at radius 2 is 1.74 bits per heavy atom. The number of phenolic OH excluding ortho intramolecular Hbond substituents is 1. The molecule has 2 unspecified atom stereocenters. The van der Waals surface area contributed by atoms with E-state index in [-0.39, 0.29) is 17.4 Å². The second kappa shape index (κ2) is 16.8. The van der Waals surface area contributed by atoms with Crippen LogP contribution in [0, 0.1) is 0 Å². The van der Waals surface area contributed by atoms with Crippen LogP contribution in [0.3, 0.4) is 0 Å². The van der Waals surface area contributed by atoms with E-state index in [1.54, 1.807) is 13.2 Å². The smallest absolute Gasteiger partial charge is 0.121 e. The van der Waals surface area contributed by atoms with Gasteiger partial charge in [-0.05, 0) is 48.4 Å². The van der Waals surface area contributed by atoms with Crippen LogP contribution in [-0.2, 0) is 11.3 Å². The largest absolute Gasteiger partial charge is 0.508 e. The predicted molar refractivity (Wildman–Crippen MR) is 145 cm³/mol. The molecule has 2 aromatic rings. The standard InChI is InChI=1S/C23H34N4O3S.C2H6.CH4O/c1-16(2)18-7-10-21(28)20(13-18)22-24-25-23(31)27(22)14-17-5-8-19(9-6-17)30-12-11-26(3)15-29-4;2*1-2/h5-10,13,16,22-25,28,31H,11-12,14-15H2,1-4H3;1-2H3;2H,1H3. The molecule has 1 fully saturated rings. The number of benzene rings is 2. The summed E-state index contributed by atoms with van der Waals surface area (Å²) in [7, 11) is 4.68. The minimum absolute atomic E-state index is 0.181. The van der Waals surface area contributed by atoms with Crippen LogP contribution in [0.25, 0.3) is 0 Å². The number of aromatic hydroxyl groups is 1. The summed E-state index contributed by atoms with van der Waals surface area (Å²) in [6.45, 7) is 10.9. The van der Waals surface area contributed by atoms with Crippen LogP contribution in [-0.4, -0.2) is 66.7 Å². The second-order valence-electron chi connectivity index (χ2n) is 8.20. The number of ether oxygens (including phenoxy) is 2. The van der Waals surface area contributed by atoms with Crippen molar-refractivity contribution in [2.24, 2.45) is 0 Å². The number of hydrogen-bond donors (Lipinski definition) is 5. The van der Waals surface area contributed by atoms with Gasteiger partial charge in [0.1, 0.15) is 29.8 Å². The lowest BCUT2D eigenvalue weighted by Crippen LogP contribution is -2.31. The van der Waals surface area contributed by atoms with Gasteiger partial charge in [-0.25, -0.2) is 10.9 Å². The van der Waals surface area contributed by atoms with Gasteiger partial charge in [-0.1, -0.05) is 45.9 Å². The van der Waals surface area contributed by atoms with Crippen LogP contribution in [0.2, 0.25) is 0 Å². The monoisotopic (exact) mass is 508 g/mol. The first kappa shape index (κ1) is 31.2. The number of phenols is 1. The Hall–Kier alpha value is -1.85. The first-order chi connectivity index (χ1) is 16.9. The first-order valence-electron chi connectivity index (χ1n) is 12.0. The SMILES string of the molecule is CC.CO.COCN(C)CCOc1ccc(CN2C(S)NNC2c2cc(C(C)C)ccc2O)cc1. The third-order valence-corrected chi connectivity index (χ3v) is 5.81. The maximum atomic E-state index is 10.5. The molecule has 1 aliphatic rings. The molecule has 35 heavy (non-hydrogen) atoms. The van der Waals surface area contributed by atoms with Crippen LogP contribution in [0.5, 0.6) is 11.5 Å². The summed E-state index contributed by atoms with van der Waals surface area (Å²) in [6.07, 6.45) is -0.187. The zero-order chi connectivity index (χ0) is 26.4. The van der Waals surface area contributed by atoms with E-state index in [1.165, 1.54) is 5.56 Å². The molecular formula is C26H44N4O4S. The van der Waals surface area contributed by atoms with Gasteiger partial charge in [0, 0.05) is 32.9 Å². The second-order valence-corrected chi connectivity index (χ2v) is 8.69. The normalized spacial score (nSPS) is 17.6. The fourth-order valence-corrected chi connectivity index (χ4v) is 3.84. The molecular weight excluding hydrogens is 464 g/mol. The number of hydrazine groups is 1. The van der Waals surface area contributed by atoms with Crippen molar-refractivity contribution in [3.8, 4) is 11.5 Å². The molecule has 1 saturated heterocycles. The van der Waals surface area contributed by atoms with E-state index in [1.807, 2.05) is 39.1 Å². The highest BCUT2D eigenvalue weighted by Gasteiger charge is 2.33. The summed E-state index contributed by atoms with van der Waals surface area (Å²) in [5, 5.41) is 17.5. The van der Waals surface area contributed by atoms with Crippen LogP contribution in [0.15, 0.2) is 42.5 Å². The number of hydrogen-bond acceptors (Lipinski definition) is 9. The van der Waals surface area contributed by atoms with E-state index in [2.05, 4.69) is 65.3 Å². The molecule has 2 atom stereocenters. The van der Waals surface area contributed by atoms with Crippen molar-refractivity contribution >= 4 is 12.6 Å². The van der Waals surface area contributed by atoms with E-state index in [0.29, 0.717) is 25.8 Å². The Morgan fingerprint density at radius 1 is 1.09 bits per heavy atom. The molecule has 1 heterocycles. The number of likely N-dealkylation sites (N-methyl/N-ethyl adjacent to an activating group) is 1. The third-order valence-electron chi connectivity index (χ3n) is 5.39. The molecule has 0 radical (unpaired) electrons. The Balaban J connectivity index is 0.00000145. The molecule has 1 aliphatic heterocycles. The average Bonchev–Trinajstić information content (AvgIpc) is 3.22. The van der Waals surface area contributed by atoms with E-state index in [0.717, 1.165) is 30.5 Å². The third kappa shape index (κ3) is 9.61. The number of methoxy groups -OCH3 is 1. The maximum absolute atomic E-state index is 10.5. The molecule has 0 aliphatic carbocycles.